The standard InChI is InChI=1S/C16H17N3O/c17-15-9-8-13(11-18-15)14-7-4-10-19(14)16(20)12-5-2-1-3-6-12/h1-3,5-6,8-9,11,14H,4,7,10H2,(H2,17,18). The number of nitrogen functional groups attached to an aromatic ring is 1. The van der Waals surface area contributed by atoms with E-state index in [4.69, 9.17) is 5.73 Å². The van der Waals surface area contributed by atoms with Crippen LogP contribution in [0.25, 0.3) is 0 Å². The summed E-state index contributed by atoms with van der Waals surface area (Å²) >= 11 is 0. The first-order valence-electron chi connectivity index (χ1n) is 6.83. The summed E-state index contributed by atoms with van der Waals surface area (Å²) in [6.07, 6.45) is 3.77. The maximum absolute atomic E-state index is 12.6. The van der Waals surface area contributed by atoms with Gasteiger partial charge in [0, 0.05) is 18.3 Å². The van der Waals surface area contributed by atoms with E-state index in [1.807, 2.05) is 41.3 Å². The van der Waals surface area contributed by atoms with Gasteiger partial charge in [0.15, 0.2) is 0 Å². The number of carbonyl (C=O) groups excluding carboxylic acids is 1. The van der Waals surface area contributed by atoms with Crippen LogP contribution in [0.15, 0.2) is 48.7 Å². The number of carbonyl (C=O) groups is 1. The fraction of sp³-hybridized carbons (Fsp3) is 0.250. The minimum Gasteiger partial charge on any atom is -0.384 e. The van der Waals surface area contributed by atoms with Gasteiger partial charge in [-0.1, -0.05) is 24.3 Å². The number of likely N-dealkylation sites (tertiary alicyclic amines) is 1. The molecule has 1 saturated heterocycles. The van der Waals surface area contributed by atoms with Crippen LogP contribution in [0.3, 0.4) is 0 Å². The van der Waals surface area contributed by atoms with Crippen LogP contribution in [0.1, 0.15) is 34.8 Å². The minimum absolute atomic E-state index is 0.0879. The van der Waals surface area contributed by atoms with Crippen molar-refractivity contribution < 1.29 is 4.79 Å². The van der Waals surface area contributed by atoms with Gasteiger partial charge in [0.2, 0.25) is 0 Å². The van der Waals surface area contributed by atoms with Gasteiger partial charge in [0.05, 0.1) is 6.04 Å². The molecular weight excluding hydrogens is 250 g/mol. The molecule has 1 aliphatic heterocycles. The van der Waals surface area contributed by atoms with E-state index in [0.717, 1.165) is 30.5 Å². The Bertz CT molecular complexity index is 595. The molecule has 4 nitrogen and oxygen atoms in total. The molecule has 0 radical (unpaired) electrons. The van der Waals surface area contributed by atoms with Gasteiger partial charge in [-0.2, -0.15) is 0 Å². The second kappa shape index (κ2) is 5.33. The zero-order chi connectivity index (χ0) is 13.9. The summed E-state index contributed by atoms with van der Waals surface area (Å²) in [6.45, 7) is 0.794. The van der Waals surface area contributed by atoms with Crippen LogP contribution in [0.2, 0.25) is 0 Å². The number of rotatable bonds is 2. The van der Waals surface area contributed by atoms with Crippen LogP contribution < -0.4 is 5.73 Å². The molecular formula is C16H17N3O. The molecule has 102 valence electrons. The first-order valence-corrected chi connectivity index (χ1v) is 6.83. The summed E-state index contributed by atoms with van der Waals surface area (Å²) in [7, 11) is 0. The smallest absolute Gasteiger partial charge is 0.254 e. The number of nitrogens with zero attached hydrogens (tertiary/aromatic N) is 2. The zero-order valence-corrected chi connectivity index (χ0v) is 11.2. The molecule has 1 amide bonds. The number of aromatic nitrogens is 1. The molecule has 2 aromatic rings. The van der Waals surface area contributed by atoms with Crippen LogP contribution in [0.5, 0.6) is 0 Å². The second-order valence-electron chi connectivity index (χ2n) is 5.04. The molecule has 1 unspecified atom stereocenters. The molecule has 1 fully saturated rings. The third-order valence-electron chi connectivity index (χ3n) is 3.73. The van der Waals surface area contributed by atoms with E-state index in [1.54, 1.807) is 12.3 Å². The van der Waals surface area contributed by atoms with Crippen LogP contribution in [0, 0.1) is 0 Å². The summed E-state index contributed by atoms with van der Waals surface area (Å²) in [6, 6.07) is 13.3. The molecule has 3 rings (SSSR count). The third kappa shape index (κ3) is 2.37. The molecule has 0 saturated carbocycles. The van der Waals surface area contributed by atoms with Crippen molar-refractivity contribution in [2.45, 2.75) is 18.9 Å². The monoisotopic (exact) mass is 267 g/mol. The lowest BCUT2D eigenvalue weighted by atomic mass is 10.1. The highest BCUT2D eigenvalue weighted by atomic mass is 16.2. The number of nitrogens with two attached hydrogens (primary N) is 1. The van der Waals surface area contributed by atoms with Gasteiger partial charge in [-0.3, -0.25) is 4.79 Å². The van der Waals surface area contributed by atoms with E-state index in [0.29, 0.717) is 5.82 Å². The Kier molecular flexibility index (Phi) is 3.37. The van der Waals surface area contributed by atoms with Crippen molar-refractivity contribution >= 4 is 11.7 Å². The van der Waals surface area contributed by atoms with Gasteiger partial charge in [0.1, 0.15) is 5.82 Å². The highest BCUT2D eigenvalue weighted by molar-refractivity contribution is 5.94. The van der Waals surface area contributed by atoms with Gasteiger partial charge >= 0.3 is 0 Å². The molecule has 0 aliphatic carbocycles. The predicted molar refractivity (Wildman–Crippen MR) is 78.1 cm³/mol. The number of anilines is 1. The van der Waals surface area contributed by atoms with Crippen molar-refractivity contribution in [2.75, 3.05) is 12.3 Å². The molecule has 0 bridgehead atoms. The first-order chi connectivity index (χ1) is 9.75. The van der Waals surface area contributed by atoms with Crippen molar-refractivity contribution in [2.24, 2.45) is 0 Å². The van der Waals surface area contributed by atoms with Crippen LogP contribution in [0.4, 0.5) is 5.82 Å². The van der Waals surface area contributed by atoms with Gasteiger partial charge in [-0.05, 0) is 36.6 Å². The molecule has 1 aliphatic rings. The Balaban J connectivity index is 1.86. The van der Waals surface area contributed by atoms with Gasteiger partial charge in [0.25, 0.3) is 5.91 Å². The van der Waals surface area contributed by atoms with Crippen molar-refractivity contribution in [3.05, 3.63) is 59.8 Å². The lowest BCUT2D eigenvalue weighted by Gasteiger charge is -2.25. The average Bonchev–Trinajstić information content (AvgIpc) is 2.97. The Hall–Kier alpha value is -2.36. The van der Waals surface area contributed by atoms with Crippen molar-refractivity contribution in [3.8, 4) is 0 Å². The summed E-state index contributed by atoms with van der Waals surface area (Å²) in [5.41, 5.74) is 7.41. The van der Waals surface area contributed by atoms with Crippen molar-refractivity contribution in [1.29, 1.82) is 0 Å². The van der Waals surface area contributed by atoms with E-state index >= 15 is 0 Å². The zero-order valence-electron chi connectivity index (χ0n) is 11.2. The molecule has 0 spiro atoms. The summed E-state index contributed by atoms with van der Waals surface area (Å²) in [5, 5.41) is 0. The maximum Gasteiger partial charge on any atom is 0.254 e. The average molecular weight is 267 g/mol. The third-order valence-corrected chi connectivity index (χ3v) is 3.73. The lowest BCUT2D eigenvalue weighted by molar-refractivity contribution is 0.0735. The van der Waals surface area contributed by atoms with E-state index in [-0.39, 0.29) is 11.9 Å². The number of amides is 1. The quantitative estimate of drug-likeness (QED) is 0.910. The highest BCUT2D eigenvalue weighted by Crippen LogP contribution is 2.32. The molecule has 1 aromatic heterocycles. The summed E-state index contributed by atoms with van der Waals surface area (Å²) < 4.78 is 0. The molecule has 20 heavy (non-hydrogen) atoms. The summed E-state index contributed by atoms with van der Waals surface area (Å²) in [5.74, 6) is 0.595. The Morgan fingerprint density at radius 3 is 2.70 bits per heavy atom. The van der Waals surface area contributed by atoms with E-state index in [1.165, 1.54) is 0 Å². The lowest BCUT2D eigenvalue weighted by Crippen LogP contribution is -2.30. The van der Waals surface area contributed by atoms with Gasteiger partial charge in [-0.15, -0.1) is 0 Å². The fourth-order valence-corrected chi connectivity index (χ4v) is 2.72. The summed E-state index contributed by atoms with van der Waals surface area (Å²) in [4.78, 5) is 18.6. The Morgan fingerprint density at radius 1 is 1.20 bits per heavy atom. The Labute approximate surface area is 118 Å². The fourth-order valence-electron chi connectivity index (χ4n) is 2.72. The number of hydrogen-bond donors (Lipinski definition) is 1. The number of hydrogen-bond acceptors (Lipinski definition) is 3. The van der Waals surface area contributed by atoms with Crippen molar-refractivity contribution in [1.82, 2.24) is 9.88 Å². The number of pyridine rings is 1. The van der Waals surface area contributed by atoms with Crippen LogP contribution in [-0.2, 0) is 0 Å². The number of benzene rings is 1. The van der Waals surface area contributed by atoms with E-state index in [2.05, 4.69) is 4.98 Å². The Morgan fingerprint density at radius 2 is 2.00 bits per heavy atom. The normalized spacial score (nSPS) is 18.2. The van der Waals surface area contributed by atoms with Crippen LogP contribution >= 0.6 is 0 Å². The molecule has 4 heteroatoms. The largest absolute Gasteiger partial charge is 0.384 e. The van der Waals surface area contributed by atoms with Gasteiger partial charge in [-0.25, -0.2) is 4.98 Å². The topological polar surface area (TPSA) is 59.2 Å². The van der Waals surface area contributed by atoms with Crippen molar-refractivity contribution in [3.63, 3.8) is 0 Å². The predicted octanol–water partition coefficient (Wildman–Crippen LogP) is 2.64. The van der Waals surface area contributed by atoms with Gasteiger partial charge < -0.3 is 10.6 Å². The first kappa shape index (κ1) is 12.7. The van der Waals surface area contributed by atoms with Crippen LogP contribution in [-0.4, -0.2) is 22.3 Å². The minimum atomic E-state index is 0.0879. The molecule has 1 aromatic carbocycles. The molecule has 2 N–H and O–H groups in total. The second-order valence-corrected chi connectivity index (χ2v) is 5.04. The molecule has 1 atom stereocenters. The van der Waals surface area contributed by atoms with E-state index in [9.17, 15) is 4.79 Å². The highest BCUT2D eigenvalue weighted by Gasteiger charge is 2.30. The molecule has 2 heterocycles. The van der Waals surface area contributed by atoms with E-state index < -0.39 is 0 Å². The SMILES string of the molecule is Nc1ccc(C2CCCN2C(=O)c2ccccc2)cn1. The maximum atomic E-state index is 12.6.